The van der Waals surface area contributed by atoms with Gasteiger partial charge in [0.05, 0.1) is 5.70 Å². The minimum absolute atomic E-state index is 0.227. The van der Waals surface area contributed by atoms with E-state index >= 15 is 0 Å². The molecule has 2 aliphatic rings. The van der Waals surface area contributed by atoms with Crippen molar-refractivity contribution >= 4 is 35.0 Å². The molecule has 0 saturated carbocycles. The molecule has 0 unspecified atom stereocenters. The Hall–Kier alpha value is -3.29. The van der Waals surface area contributed by atoms with Crippen LogP contribution in [-0.4, -0.2) is 26.0 Å². The van der Waals surface area contributed by atoms with Gasteiger partial charge in [-0.3, -0.25) is 4.98 Å². The molecule has 6 rings (SSSR count). The van der Waals surface area contributed by atoms with E-state index in [-0.39, 0.29) is 12.1 Å². The number of ether oxygens (including phenoxy) is 1. The number of fused-ring (bicyclic) bond motifs is 3. The number of pyridine rings is 1. The zero-order valence-electron chi connectivity index (χ0n) is 17.1. The van der Waals surface area contributed by atoms with Crippen LogP contribution in [0.25, 0.3) is 5.70 Å². The molecule has 6 nitrogen and oxygen atoms in total. The van der Waals surface area contributed by atoms with Crippen molar-refractivity contribution in [3.8, 4) is 5.75 Å². The number of rotatable bonds is 3. The van der Waals surface area contributed by atoms with Gasteiger partial charge in [-0.2, -0.15) is 10.1 Å². The van der Waals surface area contributed by atoms with Gasteiger partial charge in [0.2, 0.25) is 5.95 Å². The molecule has 4 heterocycles. The van der Waals surface area contributed by atoms with Gasteiger partial charge in [-0.1, -0.05) is 29.8 Å². The molecule has 2 aromatic heterocycles. The number of halogens is 1. The normalized spacial score (nSPS) is 18.8. The molecule has 0 radical (unpaired) electrons. The molecular formula is C24H18ClN5OS. The third-order valence-corrected chi connectivity index (χ3v) is 6.77. The van der Waals surface area contributed by atoms with Crippen LogP contribution in [-0.2, 0) is 0 Å². The number of hydrogen-bond acceptors (Lipinski definition) is 6. The fourth-order valence-corrected chi connectivity index (χ4v) is 4.93. The van der Waals surface area contributed by atoms with Gasteiger partial charge >= 0.3 is 0 Å². The van der Waals surface area contributed by atoms with Gasteiger partial charge < -0.3 is 10.1 Å². The van der Waals surface area contributed by atoms with Crippen molar-refractivity contribution in [2.45, 2.75) is 17.0 Å². The molecule has 0 spiro atoms. The molecule has 4 aromatic rings. The molecular weight excluding hydrogens is 442 g/mol. The first kappa shape index (κ1) is 19.4. The molecule has 32 heavy (non-hydrogen) atoms. The maximum absolute atomic E-state index is 6.61. The zero-order valence-corrected chi connectivity index (χ0v) is 18.6. The van der Waals surface area contributed by atoms with E-state index < -0.39 is 0 Å². The van der Waals surface area contributed by atoms with Crippen LogP contribution in [0.5, 0.6) is 5.75 Å². The standard InChI is InChI=1S/C24H18ClN5OS/c1-32-17-7-4-14(5-8-17)23-20-21(18-11-16(25)6-9-19(18)31-23)29-24-27-13-28-30(24)22(20)15-3-2-10-26-12-15/h2-13,22-23H,1H3,(H,27,28,29)/t22-,23+/m1/s1. The van der Waals surface area contributed by atoms with Gasteiger partial charge in [0.1, 0.15) is 24.2 Å². The lowest BCUT2D eigenvalue weighted by molar-refractivity contribution is 0.223. The number of aromatic nitrogens is 4. The van der Waals surface area contributed by atoms with Crippen LogP contribution in [0.1, 0.15) is 28.8 Å². The second-order valence-electron chi connectivity index (χ2n) is 7.58. The van der Waals surface area contributed by atoms with E-state index in [1.807, 2.05) is 35.1 Å². The maximum Gasteiger partial charge on any atom is 0.226 e. The first-order chi connectivity index (χ1) is 15.7. The van der Waals surface area contributed by atoms with E-state index in [0.29, 0.717) is 11.0 Å². The van der Waals surface area contributed by atoms with Gasteiger partial charge in [-0.25, -0.2) is 4.68 Å². The van der Waals surface area contributed by atoms with Crippen LogP contribution < -0.4 is 10.1 Å². The first-order valence-corrected chi connectivity index (χ1v) is 11.7. The molecule has 0 amide bonds. The lowest BCUT2D eigenvalue weighted by Crippen LogP contribution is -2.32. The fourth-order valence-electron chi connectivity index (χ4n) is 4.35. The lowest BCUT2D eigenvalue weighted by Gasteiger charge is -2.38. The topological polar surface area (TPSA) is 64.9 Å². The summed E-state index contributed by atoms with van der Waals surface area (Å²) in [4.78, 5) is 10.0. The number of hydrogen-bond donors (Lipinski definition) is 1. The van der Waals surface area contributed by atoms with Crippen molar-refractivity contribution in [3.05, 3.63) is 101 Å². The highest BCUT2D eigenvalue weighted by molar-refractivity contribution is 7.98. The third kappa shape index (κ3) is 3.08. The Morgan fingerprint density at radius 1 is 1.09 bits per heavy atom. The maximum atomic E-state index is 6.61. The van der Waals surface area contributed by atoms with Gasteiger partial charge in [0, 0.05) is 33.4 Å². The molecule has 2 aromatic carbocycles. The Labute approximate surface area is 194 Å². The van der Waals surface area contributed by atoms with E-state index in [2.05, 4.69) is 57.0 Å². The minimum Gasteiger partial charge on any atom is -0.480 e. The predicted octanol–water partition coefficient (Wildman–Crippen LogP) is 5.61. The van der Waals surface area contributed by atoms with Crippen molar-refractivity contribution in [2.75, 3.05) is 11.6 Å². The molecule has 0 bridgehead atoms. The summed E-state index contributed by atoms with van der Waals surface area (Å²) in [6.45, 7) is 0. The largest absolute Gasteiger partial charge is 0.480 e. The Balaban J connectivity index is 1.61. The molecule has 2 atom stereocenters. The van der Waals surface area contributed by atoms with Crippen molar-refractivity contribution in [3.63, 3.8) is 0 Å². The van der Waals surface area contributed by atoms with E-state index in [4.69, 9.17) is 16.3 Å². The second kappa shape index (κ2) is 7.69. The monoisotopic (exact) mass is 459 g/mol. The van der Waals surface area contributed by atoms with Crippen molar-refractivity contribution in [2.24, 2.45) is 0 Å². The summed E-state index contributed by atoms with van der Waals surface area (Å²) in [5.74, 6) is 1.44. The van der Waals surface area contributed by atoms with Crippen LogP contribution in [0, 0.1) is 0 Å². The summed E-state index contributed by atoms with van der Waals surface area (Å²) in [6.07, 6.45) is 6.96. The summed E-state index contributed by atoms with van der Waals surface area (Å²) in [5.41, 5.74) is 4.97. The Kier molecular flexibility index (Phi) is 4.66. The highest BCUT2D eigenvalue weighted by atomic mass is 35.5. The summed E-state index contributed by atoms with van der Waals surface area (Å²) >= 11 is 8.09. The number of anilines is 1. The third-order valence-electron chi connectivity index (χ3n) is 5.79. The van der Waals surface area contributed by atoms with Gasteiger partial charge in [-0.15, -0.1) is 11.8 Å². The van der Waals surface area contributed by atoms with Crippen LogP contribution in [0.3, 0.4) is 0 Å². The number of benzene rings is 2. The molecule has 0 aliphatic carbocycles. The summed E-state index contributed by atoms with van der Waals surface area (Å²) in [5, 5.41) is 8.67. The van der Waals surface area contributed by atoms with Crippen molar-refractivity contribution in [1.82, 2.24) is 19.7 Å². The average Bonchev–Trinajstić information content (AvgIpc) is 3.31. The molecule has 0 fully saturated rings. The highest BCUT2D eigenvalue weighted by Gasteiger charge is 2.41. The molecule has 8 heteroatoms. The number of thioether (sulfide) groups is 1. The van der Waals surface area contributed by atoms with Gasteiger partial charge in [0.15, 0.2) is 0 Å². The molecule has 1 N–H and O–H groups in total. The van der Waals surface area contributed by atoms with Crippen molar-refractivity contribution < 1.29 is 4.74 Å². The summed E-state index contributed by atoms with van der Waals surface area (Å²) < 4.78 is 8.50. The molecule has 2 aliphatic heterocycles. The zero-order chi connectivity index (χ0) is 21.7. The molecule has 158 valence electrons. The van der Waals surface area contributed by atoms with E-state index in [1.165, 1.54) is 4.90 Å². The predicted molar refractivity (Wildman–Crippen MR) is 126 cm³/mol. The van der Waals surface area contributed by atoms with Gasteiger partial charge in [0.25, 0.3) is 0 Å². The SMILES string of the molecule is CSc1ccc([C@@H]2Oc3ccc(Cl)cc3C3=C2[C@@H](c2cccnc2)n2ncnc2N3)cc1. The van der Waals surface area contributed by atoms with E-state index in [1.54, 1.807) is 24.3 Å². The Morgan fingerprint density at radius 3 is 2.75 bits per heavy atom. The first-order valence-electron chi connectivity index (χ1n) is 10.1. The molecule has 0 saturated heterocycles. The summed E-state index contributed by atoms with van der Waals surface area (Å²) in [7, 11) is 0. The van der Waals surface area contributed by atoms with Crippen LogP contribution in [0.4, 0.5) is 5.95 Å². The van der Waals surface area contributed by atoms with Crippen LogP contribution in [0.2, 0.25) is 5.02 Å². The second-order valence-corrected chi connectivity index (χ2v) is 8.90. The smallest absolute Gasteiger partial charge is 0.226 e. The highest BCUT2D eigenvalue weighted by Crippen LogP contribution is 2.50. The van der Waals surface area contributed by atoms with E-state index in [9.17, 15) is 0 Å². The minimum atomic E-state index is -0.315. The van der Waals surface area contributed by atoms with E-state index in [0.717, 1.165) is 33.7 Å². The lowest BCUT2D eigenvalue weighted by atomic mass is 9.85. The quantitative estimate of drug-likeness (QED) is 0.402. The Morgan fingerprint density at radius 2 is 1.97 bits per heavy atom. The van der Waals surface area contributed by atoms with Crippen molar-refractivity contribution in [1.29, 1.82) is 0 Å². The fraction of sp³-hybridized carbons (Fsp3) is 0.125. The average molecular weight is 460 g/mol. The Bertz CT molecular complexity index is 1340. The van der Waals surface area contributed by atoms with Crippen LogP contribution in [0.15, 0.2) is 83.8 Å². The van der Waals surface area contributed by atoms with Gasteiger partial charge in [-0.05, 0) is 53.8 Å². The van der Waals surface area contributed by atoms with Crippen LogP contribution >= 0.6 is 23.4 Å². The number of nitrogens with zero attached hydrogens (tertiary/aromatic N) is 4. The number of nitrogens with one attached hydrogen (secondary N) is 1. The summed E-state index contributed by atoms with van der Waals surface area (Å²) in [6, 6.07) is 18.0.